The molecule has 0 rings (SSSR count). The van der Waals surface area contributed by atoms with E-state index in [4.69, 9.17) is 10.5 Å². The molecule has 0 aliphatic carbocycles. The Bertz CT molecular complexity index is 230. The number of nitrogens with two attached hydrogens (primary N) is 1. The van der Waals surface area contributed by atoms with Gasteiger partial charge in [-0.15, -0.1) is 0 Å². The summed E-state index contributed by atoms with van der Waals surface area (Å²) >= 11 is 0. The molecule has 1 unspecified atom stereocenters. The van der Waals surface area contributed by atoms with E-state index in [0.29, 0.717) is 6.42 Å². The van der Waals surface area contributed by atoms with Crippen LogP contribution in [0.5, 0.6) is 0 Å². The van der Waals surface area contributed by atoms with Gasteiger partial charge < -0.3 is 10.5 Å². The zero-order chi connectivity index (χ0) is 12.1. The van der Waals surface area contributed by atoms with E-state index in [1.165, 1.54) is 0 Å². The molecule has 0 heterocycles. The molecule has 0 fully saturated rings. The third-order valence-corrected chi connectivity index (χ3v) is 2.06. The minimum atomic E-state index is -0.811. The Morgan fingerprint density at radius 2 is 1.87 bits per heavy atom. The standard InChI is InChI=1S/C11H21NO3/c1-5-8(12)9(13)10(14)15-7-6-11(2,3)4/h8H,5-7,12H2,1-4H3. The second-order valence-corrected chi connectivity index (χ2v) is 4.83. The number of ketones is 1. The van der Waals surface area contributed by atoms with Crippen molar-refractivity contribution < 1.29 is 14.3 Å². The Morgan fingerprint density at radius 3 is 2.27 bits per heavy atom. The molecule has 4 heteroatoms. The highest BCUT2D eigenvalue weighted by Gasteiger charge is 2.22. The lowest BCUT2D eigenvalue weighted by molar-refractivity contribution is -0.154. The van der Waals surface area contributed by atoms with Crippen LogP contribution in [-0.2, 0) is 14.3 Å². The van der Waals surface area contributed by atoms with E-state index in [2.05, 4.69) is 0 Å². The van der Waals surface area contributed by atoms with Crippen LogP contribution in [0, 0.1) is 5.41 Å². The summed E-state index contributed by atoms with van der Waals surface area (Å²) in [5.41, 5.74) is 5.52. The normalized spacial score (nSPS) is 13.4. The van der Waals surface area contributed by atoms with Crippen LogP contribution < -0.4 is 5.73 Å². The predicted molar refractivity (Wildman–Crippen MR) is 58.3 cm³/mol. The molecule has 0 saturated carbocycles. The van der Waals surface area contributed by atoms with Gasteiger partial charge in [-0.25, -0.2) is 4.79 Å². The van der Waals surface area contributed by atoms with Crippen LogP contribution in [0.3, 0.4) is 0 Å². The second-order valence-electron chi connectivity index (χ2n) is 4.83. The van der Waals surface area contributed by atoms with E-state index in [1.807, 2.05) is 20.8 Å². The smallest absolute Gasteiger partial charge is 0.376 e. The maximum Gasteiger partial charge on any atom is 0.376 e. The molecule has 0 aromatic carbocycles. The number of ether oxygens (including phenoxy) is 1. The third-order valence-electron chi connectivity index (χ3n) is 2.06. The summed E-state index contributed by atoms with van der Waals surface area (Å²) in [6.07, 6.45) is 1.18. The molecular formula is C11H21NO3. The average Bonchev–Trinajstić information content (AvgIpc) is 2.13. The van der Waals surface area contributed by atoms with Crippen LogP contribution in [-0.4, -0.2) is 24.4 Å². The van der Waals surface area contributed by atoms with Crippen LogP contribution >= 0.6 is 0 Å². The Balaban J connectivity index is 3.90. The zero-order valence-corrected chi connectivity index (χ0v) is 10.0. The largest absolute Gasteiger partial charge is 0.460 e. The molecule has 1 atom stereocenters. The molecule has 88 valence electrons. The molecule has 15 heavy (non-hydrogen) atoms. The first-order valence-electron chi connectivity index (χ1n) is 5.24. The van der Waals surface area contributed by atoms with Gasteiger partial charge in [-0.05, 0) is 18.3 Å². The number of hydrogen-bond acceptors (Lipinski definition) is 4. The molecule has 0 saturated heterocycles. The van der Waals surface area contributed by atoms with Gasteiger partial charge in [0.1, 0.15) is 0 Å². The number of carbonyl (C=O) groups is 2. The number of rotatable bonds is 5. The van der Waals surface area contributed by atoms with Gasteiger partial charge in [0.05, 0.1) is 12.6 Å². The van der Waals surface area contributed by atoms with Crippen molar-refractivity contribution >= 4 is 11.8 Å². The fourth-order valence-corrected chi connectivity index (χ4v) is 0.858. The van der Waals surface area contributed by atoms with Crippen molar-refractivity contribution in [3.05, 3.63) is 0 Å². The predicted octanol–water partition coefficient (Wildman–Crippen LogP) is 1.27. The highest BCUT2D eigenvalue weighted by atomic mass is 16.5. The molecule has 0 aliphatic rings. The quantitative estimate of drug-likeness (QED) is 0.554. The lowest BCUT2D eigenvalue weighted by Crippen LogP contribution is -2.36. The van der Waals surface area contributed by atoms with Crippen LogP contribution in [0.2, 0.25) is 0 Å². The highest BCUT2D eigenvalue weighted by Crippen LogP contribution is 2.17. The van der Waals surface area contributed by atoms with Crippen LogP contribution in [0.15, 0.2) is 0 Å². The Kier molecular flexibility index (Phi) is 5.50. The van der Waals surface area contributed by atoms with Gasteiger partial charge in [-0.2, -0.15) is 0 Å². The maximum absolute atomic E-state index is 11.2. The lowest BCUT2D eigenvalue weighted by atomic mass is 9.93. The van der Waals surface area contributed by atoms with Gasteiger partial charge in [0.25, 0.3) is 5.78 Å². The van der Waals surface area contributed by atoms with E-state index < -0.39 is 17.8 Å². The summed E-state index contributed by atoms with van der Waals surface area (Å²) in [5, 5.41) is 0. The van der Waals surface area contributed by atoms with Crippen molar-refractivity contribution in [2.75, 3.05) is 6.61 Å². The Labute approximate surface area is 91.2 Å². The van der Waals surface area contributed by atoms with Gasteiger partial charge in [0, 0.05) is 0 Å². The minimum absolute atomic E-state index is 0.0935. The van der Waals surface area contributed by atoms with Crippen molar-refractivity contribution in [3.8, 4) is 0 Å². The van der Waals surface area contributed by atoms with Gasteiger partial charge in [0.2, 0.25) is 0 Å². The first kappa shape index (κ1) is 14.1. The topological polar surface area (TPSA) is 69.4 Å². The lowest BCUT2D eigenvalue weighted by Gasteiger charge is -2.17. The van der Waals surface area contributed by atoms with Gasteiger partial charge in [0.15, 0.2) is 0 Å². The second kappa shape index (κ2) is 5.85. The Hall–Kier alpha value is -0.900. The van der Waals surface area contributed by atoms with Crippen molar-refractivity contribution in [3.63, 3.8) is 0 Å². The summed E-state index contributed by atoms with van der Waals surface area (Å²) in [5.74, 6) is -1.44. The molecular weight excluding hydrogens is 194 g/mol. The summed E-state index contributed by atoms with van der Waals surface area (Å²) < 4.78 is 4.83. The minimum Gasteiger partial charge on any atom is -0.460 e. The average molecular weight is 215 g/mol. The van der Waals surface area contributed by atoms with E-state index in [0.717, 1.165) is 6.42 Å². The molecule has 0 amide bonds. The van der Waals surface area contributed by atoms with Crippen molar-refractivity contribution in [2.24, 2.45) is 11.1 Å². The van der Waals surface area contributed by atoms with Gasteiger partial charge in [-0.3, -0.25) is 4.79 Å². The third kappa shape index (κ3) is 6.23. The summed E-state index contributed by atoms with van der Waals surface area (Å²) in [7, 11) is 0. The van der Waals surface area contributed by atoms with Crippen molar-refractivity contribution in [1.29, 1.82) is 0 Å². The van der Waals surface area contributed by atoms with E-state index in [1.54, 1.807) is 6.92 Å². The van der Waals surface area contributed by atoms with Gasteiger partial charge >= 0.3 is 5.97 Å². The molecule has 4 nitrogen and oxygen atoms in total. The number of carbonyl (C=O) groups excluding carboxylic acids is 2. The highest BCUT2D eigenvalue weighted by molar-refractivity contribution is 6.35. The van der Waals surface area contributed by atoms with Crippen molar-refractivity contribution in [1.82, 2.24) is 0 Å². The summed E-state index contributed by atoms with van der Waals surface area (Å²) in [4.78, 5) is 22.4. The number of Topliss-reactive ketones (excluding diaryl/α,β-unsaturated/α-hetero) is 1. The molecule has 0 spiro atoms. The van der Waals surface area contributed by atoms with Crippen LogP contribution in [0.1, 0.15) is 40.5 Å². The SMILES string of the molecule is CCC(N)C(=O)C(=O)OCCC(C)(C)C. The number of hydrogen-bond donors (Lipinski definition) is 1. The zero-order valence-electron chi connectivity index (χ0n) is 10.0. The van der Waals surface area contributed by atoms with E-state index in [-0.39, 0.29) is 12.0 Å². The van der Waals surface area contributed by atoms with E-state index >= 15 is 0 Å². The van der Waals surface area contributed by atoms with Gasteiger partial charge in [-0.1, -0.05) is 27.7 Å². The first-order valence-corrected chi connectivity index (χ1v) is 5.24. The van der Waals surface area contributed by atoms with Crippen LogP contribution in [0.25, 0.3) is 0 Å². The fourth-order valence-electron chi connectivity index (χ4n) is 0.858. The number of esters is 1. The van der Waals surface area contributed by atoms with Crippen molar-refractivity contribution in [2.45, 2.75) is 46.6 Å². The molecule has 0 aromatic heterocycles. The van der Waals surface area contributed by atoms with Crippen LogP contribution in [0.4, 0.5) is 0 Å². The first-order chi connectivity index (χ1) is 6.78. The molecule has 0 aromatic rings. The molecule has 2 N–H and O–H groups in total. The Morgan fingerprint density at radius 1 is 1.33 bits per heavy atom. The molecule has 0 radical (unpaired) electrons. The summed E-state index contributed by atoms with van der Waals surface area (Å²) in [6, 6.07) is -0.730. The molecule has 0 aliphatic heterocycles. The van der Waals surface area contributed by atoms with E-state index in [9.17, 15) is 9.59 Å². The summed E-state index contributed by atoms with van der Waals surface area (Å²) in [6.45, 7) is 8.15. The molecule has 0 bridgehead atoms. The fraction of sp³-hybridized carbons (Fsp3) is 0.818. The monoisotopic (exact) mass is 215 g/mol. The maximum atomic E-state index is 11.2.